The fourth-order valence-electron chi connectivity index (χ4n) is 5.88. The third-order valence-corrected chi connectivity index (χ3v) is 6.92. The van der Waals surface area contributed by atoms with Gasteiger partial charge in [-0.25, -0.2) is 5.43 Å². The lowest BCUT2D eigenvalue weighted by atomic mass is 9.49. The van der Waals surface area contributed by atoms with Crippen LogP contribution in [0.4, 0.5) is 0 Å². The molecule has 4 saturated carbocycles. The number of rotatable bonds is 4. The number of nitrogens with one attached hydrogen (secondary N) is 1. The number of amides is 1. The molecule has 134 valence electrons. The molecular formula is C20H24Cl2N2O. The molecule has 5 heteroatoms. The molecule has 0 aliphatic heterocycles. The smallest absolute Gasteiger partial charge is 0.240 e. The molecule has 4 bridgehead atoms. The molecule has 0 spiro atoms. The Hall–Kier alpha value is -1.06. The minimum Gasteiger partial charge on any atom is -0.273 e. The zero-order valence-electron chi connectivity index (χ0n) is 14.5. The van der Waals surface area contributed by atoms with Crippen molar-refractivity contribution in [1.82, 2.24) is 5.43 Å². The van der Waals surface area contributed by atoms with Gasteiger partial charge in [0, 0.05) is 17.0 Å². The van der Waals surface area contributed by atoms with Crippen LogP contribution in [0.3, 0.4) is 0 Å². The zero-order chi connectivity index (χ0) is 17.6. The maximum absolute atomic E-state index is 12.5. The molecule has 1 N–H and O–H groups in total. The fraction of sp³-hybridized carbons (Fsp3) is 0.600. The van der Waals surface area contributed by atoms with Crippen molar-refractivity contribution in [3.63, 3.8) is 0 Å². The van der Waals surface area contributed by atoms with Crippen LogP contribution in [0.2, 0.25) is 10.0 Å². The minimum atomic E-state index is 0.0337. The number of benzene rings is 1. The highest BCUT2D eigenvalue weighted by Crippen LogP contribution is 2.61. The van der Waals surface area contributed by atoms with Gasteiger partial charge in [-0.05, 0) is 80.8 Å². The molecule has 0 saturated heterocycles. The van der Waals surface area contributed by atoms with Crippen LogP contribution in [0, 0.1) is 23.2 Å². The second-order valence-corrected chi connectivity index (χ2v) is 9.29. The lowest BCUT2D eigenvalue weighted by Crippen LogP contribution is -2.47. The Morgan fingerprint density at radius 2 is 1.76 bits per heavy atom. The van der Waals surface area contributed by atoms with Crippen LogP contribution in [0.25, 0.3) is 0 Å². The summed E-state index contributed by atoms with van der Waals surface area (Å²) in [4.78, 5) is 12.5. The van der Waals surface area contributed by atoms with Crippen molar-refractivity contribution in [2.75, 3.05) is 0 Å². The topological polar surface area (TPSA) is 41.5 Å². The largest absolute Gasteiger partial charge is 0.273 e. The molecule has 1 amide bonds. The van der Waals surface area contributed by atoms with E-state index in [1.54, 1.807) is 12.1 Å². The molecular weight excluding hydrogens is 355 g/mol. The van der Waals surface area contributed by atoms with Crippen LogP contribution in [0.5, 0.6) is 0 Å². The Morgan fingerprint density at radius 3 is 2.32 bits per heavy atom. The molecule has 0 heterocycles. The summed E-state index contributed by atoms with van der Waals surface area (Å²) in [5.74, 6) is 2.61. The van der Waals surface area contributed by atoms with E-state index in [-0.39, 0.29) is 11.3 Å². The molecule has 4 aliphatic rings. The lowest BCUT2D eigenvalue weighted by molar-refractivity contribution is -0.129. The number of hydrogen-bond acceptors (Lipinski definition) is 2. The van der Waals surface area contributed by atoms with Crippen molar-refractivity contribution >= 4 is 34.8 Å². The van der Waals surface area contributed by atoms with Crippen molar-refractivity contribution < 1.29 is 4.79 Å². The molecule has 0 aromatic heterocycles. The van der Waals surface area contributed by atoms with Crippen molar-refractivity contribution in [2.24, 2.45) is 28.3 Å². The van der Waals surface area contributed by atoms with Crippen molar-refractivity contribution in [3.05, 3.63) is 33.8 Å². The summed E-state index contributed by atoms with van der Waals surface area (Å²) in [6.45, 7) is 1.85. The average Bonchev–Trinajstić information content (AvgIpc) is 2.50. The summed E-state index contributed by atoms with van der Waals surface area (Å²) in [5, 5.41) is 5.41. The van der Waals surface area contributed by atoms with E-state index in [1.807, 2.05) is 13.0 Å². The predicted octanol–water partition coefficient (Wildman–Crippen LogP) is 5.44. The van der Waals surface area contributed by atoms with E-state index in [0.29, 0.717) is 22.2 Å². The summed E-state index contributed by atoms with van der Waals surface area (Å²) in [5.41, 5.74) is 4.48. The summed E-state index contributed by atoms with van der Waals surface area (Å²) < 4.78 is 0. The predicted molar refractivity (Wildman–Crippen MR) is 102 cm³/mol. The molecule has 0 atom stereocenters. The first-order valence-electron chi connectivity index (χ1n) is 9.21. The highest BCUT2D eigenvalue weighted by molar-refractivity contribution is 6.37. The first-order chi connectivity index (χ1) is 11.9. The summed E-state index contributed by atoms with van der Waals surface area (Å²) in [6, 6.07) is 5.29. The van der Waals surface area contributed by atoms with E-state index in [1.165, 1.54) is 38.5 Å². The van der Waals surface area contributed by atoms with Gasteiger partial charge in [-0.2, -0.15) is 5.10 Å². The number of halogens is 2. The van der Waals surface area contributed by atoms with Gasteiger partial charge >= 0.3 is 0 Å². The molecule has 0 unspecified atom stereocenters. The SMILES string of the molecule is C/C(=N/NC(=O)CC12CC3CC(CC(C3)C1)C2)c1ccc(Cl)cc1Cl. The number of hydrogen-bond donors (Lipinski definition) is 1. The van der Waals surface area contributed by atoms with Crippen LogP contribution in [-0.2, 0) is 4.79 Å². The van der Waals surface area contributed by atoms with E-state index in [0.717, 1.165) is 23.3 Å². The van der Waals surface area contributed by atoms with Gasteiger partial charge in [0.25, 0.3) is 0 Å². The van der Waals surface area contributed by atoms with Crippen molar-refractivity contribution in [3.8, 4) is 0 Å². The highest BCUT2D eigenvalue weighted by Gasteiger charge is 2.51. The Balaban J connectivity index is 1.41. The van der Waals surface area contributed by atoms with Gasteiger partial charge in [-0.15, -0.1) is 0 Å². The van der Waals surface area contributed by atoms with Gasteiger partial charge in [0.1, 0.15) is 0 Å². The standard InChI is InChI=1S/C20H24Cl2N2O/c1-12(17-3-2-16(21)7-18(17)22)23-24-19(25)11-20-8-13-4-14(9-20)6-15(5-13)10-20/h2-3,7,13-15H,4-6,8-11H2,1H3,(H,24,25)/b23-12-. The van der Waals surface area contributed by atoms with Crippen LogP contribution >= 0.6 is 23.2 Å². The molecule has 3 nitrogen and oxygen atoms in total. The summed E-state index contributed by atoms with van der Waals surface area (Å²) >= 11 is 12.1. The second-order valence-electron chi connectivity index (χ2n) is 8.45. The Morgan fingerprint density at radius 1 is 1.16 bits per heavy atom. The fourth-order valence-corrected chi connectivity index (χ4v) is 6.42. The van der Waals surface area contributed by atoms with Gasteiger partial charge in [0.05, 0.1) is 10.7 Å². The maximum Gasteiger partial charge on any atom is 0.240 e. The third kappa shape index (κ3) is 3.59. The van der Waals surface area contributed by atoms with E-state index in [4.69, 9.17) is 23.2 Å². The minimum absolute atomic E-state index is 0.0337. The van der Waals surface area contributed by atoms with Crippen LogP contribution in [0.15, 0.2) is 23.3 Å². The summed E-state index contributed by atoms with van der Waals surface area (Å²) in [7, 11) is 0. The molecule has 1 aromatic carbocycles. The normalized spacial score (nSPS) is 33.6. The Labute approximate surface area is 159 Å². The van der Waals surface area contributed by atoms with Gasteiger partial charge in [0.15, 0.2) is 0 Å². The molecule has 1 aromatic rings. The molecule has 4 fully saturated rings. The van der Waals surface area contributed by atoms with E-state index in [2.05, 4.69) is 10.5 Å². The maximum atomic E-state index is 12.5. The van der Waals surface area contributed by atoms with Crippen LogP contribution in [-0.4, -0.2) is 11.6 Å². The van der Waals surface area contributed by atoms with Gasteiger partial charge in [0.2, 0.25) is 5.91 Å². The number of carbonyl (C=O) groups is 1. The number of hydrazone groups is 1. The molecule has 0 radical (unpaired) electrons. The first kappa shape index (κ1) is 17.4. The number of nitrogens with zero attached hydrogens (tertiary/aromatic N) is 1. The molecule has 25 heavy (non-hydrogen) atoms. The first-order valence-corrected chi connectivity index (χ1v) is 9.97. The molecule has 5 rings (SSSR count). The number of carbonyl (C=O) groups excluding carboxylic acids is 1. The summed E-state index contributed by atoms with van der Waals surface area (Å²) in [6.07, 6.45) is 8.50. The third-order valence-electron chi connectivity index (χ3n) is 6.37. The zero-order valence-corrected chi connectivity index (χ0v) is 16.0. The van der Waals surface area contributed by atoms with E-state index in [9.17, 15) is 4.79 Å². The van der Waals surface area contributed by atoms with Crippen LogP contribution in [0.1, 0.15) is 57.4 Å². The quantitative estimate of drug-likeness (QED) is 0.549. The Bertz CT molecular complexity index is 693. The average molecular weight is 379 g/mol. The monoisotopic (exact) mass is 378 g/mol. The Kier molecular flexibility index (Phi) is 4.57. The molecule has 4 aliphatic carbocycles. The van der Waals surface area contributed by atoms with Crippen LogP contribution < -0.4 is 5.43 Å². The lowest BCUT2D eigenvalue weighted by Gasteiger charge is -2.56. The van der Waals surface area contributed by atoms with Crippen molar-refractivity contribution in [2.45, 2.75) is 51.9 Å². The van der Waals surface area contributed by atoms with Gasteiger partial charge < -0.3 is 0 Å². The van der Waals surface area contributed by atoms with Crippen molar-refractivity contribution in [1.29, 1.82) is 0 Å². The van der Waals surface area contributed by atoms with E-state index >= 15 is 0 Å². The highest BCUT2D eigenvalue weighted by atomic mass is 35.5. The van der Waals surface area contributed by atoms with Gasteiger partial charge in [-0.1, -0.05) is 29.3 Å². The van der Waals surface area contributed by atoms with Gasteiger partial charge in [-0.3, -0.25) is 4.79 Å². The van der Waals surface area contributed by atoms with E-state index < -0.39 is 0 Å². The second kappa shape index (κ2) is 6.59.